The summed E-state index contributed by atoms with van der Waals surface area (Å²) in [4.78, 5) is 33.4. The second-order valence-corrected chi connectivity index (χ2v) is 6.34. The SMILES string of the molecule is O=C(c1c[nH]c2ncccc12)N1C[C@@H]2CCC[C@@]2(C(=O)O)C1. The highest BCUT2D eigenvalue weighted by Crippen LogP contribution is 2.49. The van der Waals surface area contributed by atoms with Crippen LogP contribution in [-0.2, 0) is 4.79 Å². The highest BCUT2D eigenvalue weighted by atomic mass is 16.4. The number of rotatable bonds is 2. The molecule has 2 aromatic heterocycles. The molecule has 1 aliphatic heterocycles. The van der Waals surface area contributed by atoms with Crippen molar-refractivity contribution in [1.82, 2.24) is 14.9 Å². The zero-order valence-electron chi connectivity index (χ0n) is 12.1. The van der Waals surface area contributed by atoms with Crippen molar-refractivity contribution in [2.75, 3.05) is 13.1 Å². The number of pyridine rings is 1. The number of hydrogen-bond donors (Lipinski definition) is 2. The zero-order chi connectivity index (χ0) is 15.3. The highest BCUT2D eigenvalue weighted by molar-refractivity contribution is 6.06. The summed E-state index contributed by atoms with van der Waals surface area (Å²) in [7, 11) is 0. The molecule has 2 aromatic rings. The fourth-order valence-corrected chi connectivity index (χ4v) is 4.10. The van der Waals surface area contributed by atoms with Crippen LogP contribution < -0.4 is 0 Å². The smallest absolute Gasteiger partial charge is 0.311 e. The fraction of sp³-hybridized carbons (Fsp3) is 0.438. The van der Waals surface area contributed by atoms with Gasteiger partial charge in [-0.1, -0.05) is 6.42 Å². The number of carbonyl (C=O) groups is 2. The lowest BCUT2D eigenvalue weighted by Crippen LogP contribution is -2.37. The molecule has 4 rings (SSSR count). The Bertz CT molecular complexity index is 769. The van der Waals surface area contributed by atoms with Gasteiger partial charge in [0.15, 0.2) is 0 Å². The maximum atomic E-state index is 12.8. The number of nitrogens with one attached hydrogen (secondary N) is 1. The predicted molar refractivity (Wildman–Crippen MR) is 79.4 cm³/mol. The van der Waals surface area contributed by atoms with Crippen molar-refractivity contribution in [2.24, 2.45) is 11.3 Å². The lowest BCUT2D eigenvalue weighted by Gasteiger charge is -2.23. The normalized spacial score (nSPS) is 27.3. The first-order valence-corrected chi connectivity index (χ1v) is 7.56. The van der Waals surface area contributed by atoms with Crippen molar-refractivity contribution in [3.05, 3.63) is 30.1 Å². The van der Waals surface area contributed by atoms with Crippen LogP contribution in [-0.4, -0.2) is 44.9 Å². The fourth-order valence-electron chi connectivity index (χ4n) is 4.10. The van der Waals surface area contributed by atoms with Gasteiger partial charge in [0, 0.05) is 30.9 Å². The standard InChI is InChI=1S/C16H17N3O3/c20-14(12-7-18-13-11(12)4-2-6-17-13)19-8-10-3-1-5-16(10,9-19)15(21)22/h2,4,6-7,10H,1,3,5,8-9H2,(H,17,18)(H,21,22)/t10-,16+/m0/s1. The summed E-state index contributed by atoms with van der Waals surface area (Å²) in [5, 5.41) is 10.4. The molecule has 2 atom stereocenters. The molecule has 1 saturated heterocycles. The average molecular weight is 299 g/mol. The summed E-state index contributed by atoms with van der Waals surface area (Å²) in [5.74, 6) is -0.780. The zero-order valence-corrected chi connectivity index (χ0v) is 12.1. The van der Waals surface area contributed by atoms with E-state index in [1.54, 1.807) is 23.4 Å². The molecule has 22 heavy (non-hydrogen) atoms. The van der Waals surface area contributed by atoms with Crippen molar-refractivity contribution < 1.29 is 14.7 Å². The molecule has 6 heteroatoms. The van der Waals surface area contributed by atoms with Gasteiger partial charge in [-0.15, -0.1) is 0 Å². The third-order valence-electron chi connectivity index (χ3n) is 5.27. The van der Waals surface area contributed by atoms with Crippen LogP contribution in [0.15, 0.2) is 24.5 Å². The lowest BCUT2D eigenvalue weighted by atomic mass is 9.81. The van der Waals surface area contributed by atoms with E-state index in [1.807, 2.05) is 6.07 Å². The molecule has 6 nitrogen and oxygen atoms in total. The molecule has 1 saturated carbocycles. The van der Waals surface area contributed by atoms with Crippen LogP contribution in [0, 0.1) is 11.3 Å². The molecule has 1 aliphatic carbocycles. The van der Waals surface area contributed by atoms with E-state index in [1.165, 1.54) is 0 Å². The number of amides is 1. The van der Waals surface area contributed by atoms with Crippen molar-refractivity contribution in [1.29, 1.82) is 0 Å². The van der Waals surface area contributed by atoms with Gasteiger partial charge in [0.2, 0.25) is 0 Å². The van der Waals surface area contributed by atoms with Crippen LogP contribution in [0.4, 0.5) is 0 Å². The quantitative estimate of drug-likeness (QED) is 0.886. The first-order valence-electron chi connectivity index (χ1n) is 7.56. The lowest BCUT2D eigenvalue weighted by molar-refractivity contribution is -0.149. The van der Waals surface area contributed by atoms with Gasteiger partial charge in [-0.05, 0) is 30.9 Å². The van der Waals surface area contributed by atoms with E-state index in [0.29, 0.717) is 30.7 Å². The largest absolute Gasteiger partial charge is 0.481 e. The summed E-state index contributed by atoms with van der Waals surface area (Å²) < 4.78 is 0. The molecule has 0 unspecified atom stereocenters. The topological polar surface area (TPSA) is 86.3 Å². The van der Waals surface area contributed by atoms with Crippen molar-refractivity contribution in [3.63, 3.8) is 0 Å². The average Bonchev–Trinajstić information content (AvgIpc) is 3.18. The van der Waals surface area contributed by atoms with Crippen molar-refractivity contribution in [2.45, 2.75) is 19.3 Å². The van der Waals surface area contributed by atoms with Crippen LogP contribution in [0.5, 0.6) is 0 Å². The third-order valence-corrected chi connectivity index (χ3v) is 5.27. The van der Waals surface area contributed by atoms with E-state index in [4.69, 9.17) is 0 Å². The minimum atomic E-state index is -0.758. The van der Waals surface area contributed by atoms with E-state index >= 15 is 0 Å². The number of aliphatic carboxylic acids is 1. The summed E-state index contributed by atoms with van der Waals surface area (Å²) in [6, 6.07) is 3.65. The number of nitrogens with zero attached hydrogens (tertiary/aromatic N) is 2. The van der Waals surface area contributed by atoms with E-state index in [9.17, 15) is 14.7 Å². The maximum absolute atomic E-state index is 12.8. The second-order valence-electron chi connectivity index (χ2n) is 6.34. The summed E-state index contributed by atoms with van der Waals surface area (Å²) in [6.07, 6.45) is 5.85. The van der Waals surface area contributed by atoms with Crippen LogP contribution in [0.2, 0.25) is 0 Å². The van der Waals surface area contributed by atoms with E-state index < -0.39 is 11.4 Å². The Kier molecular flexibility index (Phi) is 2.76. The molecule has 2 aliphatic rings. The molecule has 0 aromatic carbocycles. The molecule has 0 spiro atoms. The third kappa shape index (κ3) is 1.70. The van der Waals surface area contributed by atoms with E-state index in [-0.39, 0.29) is 11.8 Å². The van der Waals surface area contributed by atoms with Crippen molar-refractivity contribution >= 4 is 22.9 Å². The van der Waals surface area contributed by atoms with Gasteiger partial charge in [0.25, 0.3) is 5.91 Å². The number of carboxylic acids is 1. The van der Waals surface area contributed by atoms with Gasteiger partial charge >= 0.3 is 5.97 Å². The van der Waals surface area contributed by atoms with Gasteiger partial charge < -0.3 is 15.0 Å². The Balaban J connectivity index is 1.66. The Labute approximate surface area is 127 Å². The number of fused-ring (bicyclic) bond motifs is 2. The Morgan fingerprint density at radius 3 is 3.09 bits per heavy atom. The predicted octanol–water partition coefficient (Wildman–Crippen LogP) is 1.89. The van der Waals surface area contributed by atoms with Crippen LogP contribution in [0.25, 0.3) is 11.0 Å². The molecule has 2 N–H and O–H groups in total. The summed E-state index contributed by atoms with van der Waals surface area (Å²) >= 11 is 0. The number of H-pyrrole nitrogens is 1. The molecular weight excluding hydrogens is 282 g/mol. The molecule has 2 fully saturated rings. The molecule has 0 radical (unpaired) electrons. The summed E-state index contributed by atoms with van der Waals surface area (Å²) in [5.41, 5.74) is 0.516. The number of hydrogen-bond acceptors (Lipinski definition) is 3. The molecule has 114 valence electrons. The van der Waals surface area contributed by atoms with Crippen molar-refractivity contribution in [3.8, 4) is 0 Å². The first kappa shape index (κ1) is 13.3. The minimum absolute atomic E-state index is 0.0808. The number of likely N-dealkylation sites (tertiary alicyclic amines) is 1. The number of carboxylic acid groups (broad SMARTS) is 1. The molecule has 3 heterocycles. The van der Waals surface area contributed by atoms with Gasteiger partial charge in [-0.3, -0.25) is 9.59 Å². The van der Waals surface area contributed by atoms with E-state index in [0.717, 1.165) is 18.2 Å². The number of aromatic amines is 1. The molecule has 0 bridgehead atoms. The Morgan fingerprint density at radius 1 is 1.45 bits per heavy atom. The van der Waals surface area contributed by atoms with Gasteiger partial charge in [-0.25, -0.2) is 4.98 Å². The highest BCUT2D eigenvalue weighted by Gasteiger charge is 2.55. The Morgan fingerprint density at radius 2 is 2.32 bits per heavy atom. The first-order chi connectivity index (χ1) is 10.6. The minimum Gasteiger partial charge on any atom is -0.481 e. The van der Waals surface area contributed by atoms with Gasteiger partial charge in [0.05, 0.1) is 11.0 Å². The van der Waals surface area contributed by atoms with Gasteiger partial charge in [-0.2, -0.15) is 0 Å². The van der Waals surface area contributed by atoms with Gasteiger partial charge in [0.1, 0.15) is 5.65 Å². The number of carbonyl (C=O) groups excluding carboxylic acids is 1. The second kappa shape index (κ2) is 4.56. The molecule has 1 amide bonds. The van der Waals surface area contributed by atoms with E-state index in [2.05, 4.69) is 9.97 Å². The molecular formula is C16H17N3O3. The maximum Gasteiger partial charge on any atom is 0.311 e. The Hall–Kier alpha value is -2.37. The summed E-state index contributed by atoms with van der Waals surface area (Å²) in [6.45, 7) is 0.858. The van der Waals surface area contributed by atoms with Crippen LogP contribution in [0.3, 0.4) is 0 Å². The monoisotopic (exact) mass is 299 g/mol. The number of aromatic nitrogens is 2. The van der Waals surface area contributed by atoms with Crippen LogP contribution in [0.1, 0.15) is 29.6 Å². The van der Waals surface area contributed by atoms with Crippen LogP contribution >= 0.6 is 0 Å².